The lowest BCUT2D eigenvalue weighted by Crippen LogP contribution is -2.37. The van der Waals surface area contributed by atoms with Crippen molar-refractivity contribution in [1.82, 2.24) is 0 Å². The Labute approximate surface area is 111 Å². The minimum absolute atomic E-state index is 0.452. The number of hydrogen-bond donors (Lipinski definition) is 2. The van der Waals surface area contributed by atoms with Crippen LogP contribution in [0.25, 0.3) is 0 Å². The standard InChI is InChI=1S/C15H24O.H3NO/c1-2-3-4-5-6-7-8-11-14-12-9-10-13-15(14)16;1-2/h9-10,12-13,16H,2-8,11H2,1H3;1H3. The maximum atomic E-state index is 9.58. The molecule has 0 atom stereocenters. The first-order valence-electron chi connectivity index (χ1n) is 6.90. The molecule has 3 nitrogen and oxygen atoms in total. The zero-order chi connectivity index (χ0) is 13.6. The summed E-state index contributed by atoms with van der Waals surface area (Å²) in [6, 6.07) is 7.67. The summed E-state index contributed by atoms with van der Waals surface area (Å²) in [5, 5.41) is 17.6. The van der Waals surface area contributed by atoms with Crippen LogP contribution in [0, 0.1) is 5.21 Å². The van der Waals surface area contributed by atoms with Crippen LogP contribution in [-0.4, -0.2) is 5.11 Å². The zero-order valence-corrected chi connectivity index (χ0v) is 11.5. The lowest BCUT2D eigenvalue weighted by Gasteiger charge is -2.04. The number of hydrogen-bond acceptors (Lipinski definition) is 2. The average molecular weight is 253 g/mol. The van der Waals surface area contributed by atoms with Gasteiger partial charge in [-0.3, -0.25) is 0 Å². The van der Waals surface area contributed by atoms with Gasteiger partial charge in [0.05, 0.1) is 0 Å². The highest BCUT2D eigenvalue weighted by Crippen LogP contribution is 2.18. The van der Waals surface area contributed by atoms with E-state index in [9.17, 15) is 5.11 Å². The molecule has 0 radical (unpaired) electrons. The van der Waals surface area contributed by atoms with Crippen molar-refractivity contribution in [2.45, 2.75) is 58.3 Å². The van der Waals surface area contributed by atoms with E-state index in [-0.39, 0.29) is 0 Å². The van der Waals surface area contributed by atoms with Gasteiger partial charge in [0.1, 0.15) is 5.75 Å². The fourth-order valence-corrected chi connectivity index (χ4v) is 1.99. The highest BCUT2D eigenvalue weighted by molar-refractivity contribution is 5.31. The van der Waals surface area contributed by atoms with Crippen molar-refractivity contribution in [3.63, 3.8) is 0 Å². The summed E-state index contributed by atoms with van der Waals surface area (Å²) >= 11 is 0. The molecule has 3 heteroatoms. The van der Waals surface area contributed by atoms with E-state index in [0.717, 1.165) is 12.0 Å². The van der Waals surface area contributed by atoms with E-state index in [1.807, 2.05) is 24.1 Å². The smallest absolute Gasteiger partial charge is 0.118 e. The second-order valence-corrected chi connectivity index (χ2v) is 4.50. The molecule has 0 aromatic heterocycles. The van der Waals surface area contributed by atoms with Crippen LogP contribution in [0.2, 0.25) is 0 Å². The van der Waals surface area contributed by atoms with Crippen molar-refractivity contribution >= 4 is 0 Å². The van der Waals surface area contributed by atoms with E-state index in [4.69, 9.17) is 5.21 Å². The Kier molecular flexibility index (Phi) is 11.7. The molecule has 1 rings (SSSR count). The van der Waals surface area contributed by atoms with E-state index in [1.165, 1.54) is 44.9 Å². The molecule has 4 N–H and O–H groups in total. The minimum Gasteiger partial charge on any atom is -0.637 e. The predicted octanol–water partition coefficient (Wildman–Crippen LogP) is 3.41. The molecular weight excluding hydrogens is 226 g/mol. The van der Waals surface area contributed by atoms with Crippen LogP contribution in [0.15, 0.2) is 24.3 Å². The predicted molar refractivity (Wildman–Crippen MR) is 76.1 cm³/mol. The number of phenols is 1. The molecule has 104 valence electrons. The van der Waals surface area contributed by atoms with Crippen LogP contribution < -0.4 is 5.90 Å². The zero-order valence-electron chi connectivity index (χ0n) is 11.5. The van der Waals surface area contributed by atoms with Crippen LogP contribution in [0.4, 0.5) is 0 Å². The molecule has 1 aromatic rings. The molecule has 1 aromatic carbocycles. The van der Waals surface area contributed by atoms with Gasteiger partial charge in [-0.1, -0.05) is 63.6 Å². The van der Waals surface area contributed by atoms with Crippen molar-refractivity contribution in [2.75, 3.05) is 0 Å². The fourth-order valence-electron chi connectivity index (χ4n) is 1.99. The molecule has 0 saturated carbocycles. The largest absolute Gasteiger partial charge is 0.637 e. The summed E-state index contributed by atoms with van der Waals surface area (Å²) in [6.45, 7) is 2.25. The monoisotopic (exact) mass is 253 g/mol. The van der Waals surface area contributed by atoms with Gasteiger partial charge < -0.3 is 16.2 Å². The molecule has 18 heavy (non-hydrogen) atoms. The Morgan fingerprint density at radius 2 is 1.50 bits per heavy atom. The maximum Gasteiger partial charge on any atom is 0.118 e. The van der Waals surface area contributed by atoms with Crippen LogP contribution in [0.5, 0.6) is 5.75 Å². The van der Waals surface area contributed by atoms with Gasteiger partial charge in [-0.05, 0) is 24.5 Å². The molecule has 0 aliphatic heterocycles. The number of benzene rings is 1. The third-order valence-corrected chi connectivity index (χ3v) is 3.04. The van der Waals surface area contributed by atoms with Crippen LogP contribution in [0.3, 0.4) is 0 Å². The summed E-state index contributed by atoms with van der Waals surface area (Å²) in [4.78, 5) is 0. The van der Waals surface area contributed by atoms with Crippen molar-refractivity contribution in [1.29, 1.82) is 0 Å². The molecule has 0 fully saturated rings. The molecule has 0 bridgehead atoms. The highest BCUT2D eigenvalue weighted by Gasteiger charge is 1.98. The lowest BCUT2D eigenvalue weighted by molar-refractivity contribution is -0.275. The summed E-state index contributed by atoms with van der Waals surface area (Å²) in [5.74, 6) is 2.45. The van der Waals surface area contributed by atoms with E-state index < -0.39 is 0 Å². The second kappa shape index (κ2) is 12.4. The maximum absolute atomic E-state index is 9.58. The van der Waals surface area contributed by atoms with Crippen molar-refractivity contribution in [3.05, 3.63) is 35.0 Å². The Morgan fingerprint density at radius 1 is 0.944 bits per heavy atom. The molecular formula is C15H27NO2. The van der Waals surface area contributed by atoms with Gasteiger partial charge in [-0.25, -0.2) is 0 Å². The number of rotatable bonds is 8. The molecule has 0 amide bonds. The Balaban J connectivity index is 0.00000137. The molecule has 0 saturated heterocycles. The Morgan fingerprint density at radius 3 is 2.11 bits per heavy atom. The first kappa shape index (κ1) is 16.9. The number of aromatic hydroxyl groups is 1. The van der Waals surface area contributed by atoms with Gasteiger partial charge in [-0.2, -0.15) is 0 Å². The average Bonchev–Trinajstić information content (AvgIpc) is 2.42. The molecule has 0 unspecified atom stereocenters. The van der Waals surface area contributed by atoms with Crippen LogP contribution in [0.1, 0.15) is 57.4 Å². The van der Waals surface area contributed by atoms with Crippen molar-refractivity contribution < 1.29 is 11.0 Å². The van der Waals surface area contributed by atoms with Gasteiger partial charge in [0.2, 0.25) is 0 Å². The van der Waals surface area contributed by atoms with Gasteiger partial charge in [0.15, 0.2) is 0 Å². The molecule has 0 spiro atoms. The Hall–Kier alpha value is -1.06. The normalized spacial score (nSPS) is 9.72. The van der Waals surface area contributed by atoms with E-state index >= 15 is 0 Å². The highest BCUT2D eigenvalue weighted by atomic mass is 16.4. The number of unbranched alkanes of at least 4 members (excludes halogenated alkanes) is 6. The first-order valence-corrected chi connectivity index (χ1v) is 6.90. The topological polar surface area (TPSA) is 70.9 Å². The quantitative estimate of drug-likeness (QED) is 0.550. The fraction of sp³-hybridized carbons (Fsp3) is 0.600. The SMILES string of the molecule is CCCCCCCCCc1ccccc1O.[NH3+][O-]. The number of para-hydroxylation sites is 1. The van der Waals surface area contributed by atoms with E-state index in [1.54, 1.807) is 6.07 Å². The van der Waals surface area contributed by atoms with Crippen molar-refractivity contribution in [2.24, 2.45) is 0 Å². The van der Waals surface area contributed by atoms with Gasteiger partial charge in [0.25, 0.3) is 0 Å². The van der Waals surface area contributed by atoms with E-state index in [2.05, 4.69) is 6.92 Å². The van der Waals surface area contributed by atoms with Crippen molar-refractivity contribution in [3.8, 4) is 5.75 Å². The molecule has 0 aliphatic carbocycles. The number of aryl methyl sites for hydroxylation is 1. The van der Waals surface area contributed by atoms with Gasteiger partial charge in [-0.15, -0.1) is 0 Å². The minimum atomic E-state index is 0.452. The van der Waals surface area contributed by atoms with Crippen LogP contribution in [-0.2, 0) is 6.42 Å². The van der Waals surface area contributed by atoms with E-state index in [0.29, 0.717) is 5.75 Å². The Bertz CT molecular complexity index is 290. The number of phenolic OH excluding ortho intramolecular Hbond substituents is 1. The first-order chi connectivity index (χ1) is 8.84. The van der Waals surface area contributed by atoms with Gasteiger partial charge >= 0.3 is 0 Å². The summed E-state index contributed by atoms with van der Waals surface area (Å²) < 4.78 is 0. The summed E-state index contributed by atoms with van der Waals surface area (Å²) in [7, 11) is 0. The molecule has 0 heterocycles. The van der Waals surface area contributed by atoms with Gasteiger partial charge in [0, 0.05) is 0 Å². The third kappa shape index (κ3) is 8.09. The third-order valence-electron chi connectivity index (χ3n) is 3.04. The second-order valence-electron chi connectivity index (χ2n) is 4.50. The van der Waals surface area contributed by atoms with Crippen LogP contribution >= 0.6 is 0 Å². The summed E-state index contributed by atoms with van der Waals surface area (Å²) in [6.07, 6.45) is 10.3. The molecule has 0 aliphatic rings. The summed E-state index contributed by atoms with van der Waals surface area (Å²) in [5.41, 5.74) is 1.09. The number of quaternary nitrogens is 1. The lowest BCUT2D eigenvalue weighted by atomic mass is 10.0.